The van der Waals surface area contributed by atoms with Gasteiger partial charge in [-0.2, -0.15) is 0 Å². The van der Waals surface area contributed by atoms with Crippen molar-refractivity contribution in [1.82, 2.24) is 0 Å². The summed E-state index contributed by atoms with van der Waals surface area (Å²) >= 11 is 0. The average molecular weight is 215 g/mol. The Morgan fingerprint density at radius 3 is 2.62 bits per heavy atom. The van der Waals surface area contributed by atoms with E-state index in [-0.39, 0.29) is 5.41 Å². The van der Waals surface area contributed by atoms with Crippen LogP contribution in [0.5, 0.6) is 0 Å². The summed E-state index contributed by atoms with van der Waals surface area (Å²) in [7, 11) is 0. The lowest BCUT2D eigenvalue weighted by Gasteiger charge is -2.31. The molecule has 2 N–H and O–H groups in total. The number of hydrogen-bond donors (Lipinski definition) is 1. The van der Waals surface area contributed by atoms with Gasteiger partial charge in [-0.3, -0.25) is 0 Å². The quantitative estimate of drug-likeness (QED) is 0.711. The maximum absolute atomic E-state index is 6.31. The van der Waals surface area contributed by atoms with Crippen LogP contribution in [0.3, 0.4) is 0 Å². The molecule has 16 heavy (non-hydrogen) atoms. The van der Waals surface area contributed by atoms with E-state index in [9.17, 15) is 0 Å². The molecule has 0 fully saturated rings. The van der Waals surface area contributed by atoms with Crippen LogP contribution in [0, 0.1) is 17.3 Å². The molecule has 0 aromatic carbocycles. The molecule has 0 amide bonds. The second-order valence-corrected chi connectivity index (χ2v) is 5.39. The van der Waals surface area contributed by atoms with Crippen molar-refractivity contribution in [3.63, 3.8) is 0 Å². The standard InChI is InChI=1S/C15H21N/c1-10(2)12-6-8-13-7-5-11(3)15(13,4)14(16)9-12/h5-11H,16H2,1-4H3. The second kappa shape index (κ2) is 3.65. The predicted octanol–water partition coefficient (Wildman–Crippen LogP) is 3.56. The molecule has 1 nitrogen and oxygen atoms in total. The number of fused-ring (bicyclic) bond motifs is 1. The van der Waals surface area contributed by atoms with Crippen molar-refractivity contribution in [2.24, 2.45) is 23.0 Å². The Hall–Kier alpha value is -1.24. The smallest absolute Gasteiger partial charge is 0.0379 e. The molecule has 2 aliphatic rings. The van der Waals surface area contributed by atoms with Gasteiger partial charge in [0.25, 0.3) is 0 Å². The van der Waals surface area contributed by atoms with Gasteiger partial charge in [-0.25, -0.2) is 0 Å². The molecule has 2 unspecified atom stereocenters. The second-order valence-electron chi connectivity index (χ2n) is 5.39. The Kier molecular flexibility index (Phi) is 2.57. The lowest BCUT2D eigenvalue weighted by atomic mass is 9.74. The maximum atomic E-state index is 6.31. The number of hydrogen-bond acceptors (Lipinski definition) is 1. The Bertz CT molecular complexity index is 421. The normalized spacial score (nSPS) is 33.1. The molecule has 2 aliphatic carbocycles. The van der Waals surface area contributed by atoms with E-state index in [2.05, 4.69) is 58.1 Å². The van der Waals surface area contributed by atoms with Gasteiger partial charge in [-0.05, 0) is 36.0 Å². The third-order valence-corrected chi connectivity index (χ3v) is 4.12. The van der Waals surface area contributed by atoms with Crippen LogP contribution in [-0.2, 0) is 0 Å². The summed E-state index contributed by atoms with van der Waals surface area (Å²) in [6.07, 6.45) is 11.1. The number of nitrogens with two attached hydrogens (primary N) is 1. The van der Waals surface area contributed by atoms with Crippen LogP contribution < -0.4 is 5.73 Å². The zero-order valence-electron chi connectivity index (χ0n) is 10.6. The molecule has 0 saturated carbocycles. The first kappa shape index (κ1) is 11.3. The minimum Gasteiger partial charge on any atom is -0.401 e. The van der Waals surface area contributed by atoms with Gasteiger partial charge in [0.2, 0.25) is 0 Å². The van der Waals surface area contributed by atoms with E-state index in [0.29, 0.717) is 11.8 Å². The first-order valence-corrected chi connectivity index (χ1v) is 6.04. The van der Waals surface area contributed by atoms with E-state index in [0.717, 1.165) is 5.70 Å². The van der Waals surface area contributed by atoms with E-state index in [1.54, 1.807) is 0 Å². The molecule has 2 rings (SSSR count). The maximum Gasteiger partial charge on any atom is 0.0379 e. The summed E-state index contributed by atoms with van der Waals surface area (Å²) in [4.78, 5) is 0. The van der Waals surface area contributed by atoms with Gasteiger partial charge in [0, 0.05) is 11.1 Å². The van der Waals surface area contributed by atoms with Gasteiger partial charge in [0.05, 0.1) is 0 Å². The predicted molar refractivity (Wildman–Crippen MR) is 69.7 cm³/mol. The topological polar surface area (TPSA) is 26.0 Å². The molecule has 2 atom stereocenters. The van der Waals surface area contributed by atoms with E-state index in [1.165, 1.54) is 11.1 Å². The van der Waals surface area contributed by atoms with Crippen molar-refractivity contribution in [3.05, 3.63) is 47.2 Å². The van der Waals surface area contributed by atoms with Crippen molar-refractivity contribution >= 4 is 0 Å². The van der Waals surface area contributed by atoms with Crippen molar-refractivity contribution < 1.29 is 0 Å². The van der Waals surface area contributed by atoms with Gasteiger partial charge >= 0.3 is 0 Å². The van der Waals surface area contributed by atoms with Crippen LogP contribution in [0.1, 0.15) is 27.7 Å². The highest BCUT2D eigenvalue weighted by atomic mass is 14.7. The SMILES string of the molecule is CC(C)C1=CC=C2C=CC(C)C2(C)C(N)=C1. The molecule has 1 heteroatoms. The summed E-state index contributed by atoms with van der Waals surface area (Å²) in [5.74, 6) is 1.01. The minimum atomic E-state index is -0.00681. The molecule has 0 saturated heterocycles. The van der Waals surface area contributed by atoms with E-state index >= 15 is 0 Å². The first-order chi connectivity index (χ1) is 7.46. The highest BCUT2D eigenvalue weighted by molar-refractivity contribution is 5.49. The fourth-order valence-corrected chi connectivity index (χ4v) is 2.46. The number of allylic oxidation sites excluding steroid dienone is 7. The zero-order valence-corrected chi connectivity index (χ0v) is 10.6. The fourth-order valence-electron chi connectivity index (χ4n) is 2.46. The Morgan fingerprint density at radius 1 is 1.31 bits per heavy atom. The average Bonchev–Trinajstić information content (AvgIpc) is 2.43. The zero-order chi connectivity index (χ0) is 11.9. The molecular weight excluding hydrogens is 194 g/mol. The molecule has 0 aliphatic heterocycles. The molecule has 0 bridgehead atoms. The highest BCUT2D eigenvalue weighted by Gasteiger charge is 2.39. The van der Waals surface area contributed by atoms with E-state index in [1.807, 2.05) is 0 Å². The van der Waals surface area contributed by atoms with Crippen molar-refractivity contribution in [2.45, 2.75) is 27.7 Å². The molecule has 0 spiro atoms. The third kappa shape index (κ3) is 1.46. The van der Waals surface area contributed by atoms with Crippen LogP contribution >= 0.6 is 0 Å². The summed E-state index contributed by atoms with van der Waals surface area (Å²) in [5, 5.41) is 0. The van der Waals surface area contributed by atoms with Gasteiger partial charge in [0.1, 0.15) is 0 Å². The van der Waals surface area contributed by atoms with E-state index in [4.69, 9.17) is 5.73 Å². The van der Waals surface area contributed by atoms with Crippen LogP contribution in [0.4, 0.5) is 0 Å². The van der Waals surface area contributed by atoms with Crippen molar-refractivity contribution in [1.29, 1.82) is 0 Å². The molecule has 0 aromatic heterocycles. The monoisotopic (exact) mass is 215 g/mol. The largest absolute Gasteiger partial charge is 0.401 e. The highest BCUT2D eigenvalue weighted by Crippen LogP contribution is 2.47. The molecule has 0 radical (unpaired) electrons. The fraction of sp³-hybridized carbons (Fsp3) is 0.467. The van der Waals surface area contributed by atoms with Crippen LogP contribution in [0.2, 0.25) is 0 Å². The van der Waals surface area contributed by atoms with Crippen molar-refractivity contribution in [2.75, 3.05) is 0 Å². The summed E-state index contributed by atoms with van der Waals surface area (Å²) in [6.45, 7) is 8.89. The van der Waals surface area contributed by atoms with Gasteiger partial charge in [-0.15, -0.1) is 0 Å². The first-order valence-electron chi connectivity index (χ1n) is 6.04. The summed E-state index contributed by atoms with van der Waals surface area (Å²) in [5.41, 5.74) is 9.96. The van der Waals surface area contributed by atoms with E-state index < -0.39 is 0 Å². The lowest BCUT2D eigenvalue weighted by Crippen LogP contribution is -2.29. The Labute approximate surface area is 98.4 Å². The summed E-state index contributed by atoms with van der Waals surface area (Å²) in [6, 6.07) is 0. The molecule has 0 aromatic rings. The Balaban J connectivity index is 2.52. The third-order valence-electron chi connectivity index (χ3n) is 4.12. The van der Waals surface area contributed by atoms with Gasteiger partial charge < -0.3 is 5.73 Å². The number of rotatable bonds is 1. The summed E-state index contributed by atoms with van der Waals surface area (Å²) < 4.78 is 0. The Morgan fingerprint density at radius 2 is 2.00 bits per heavy atom. The van der Waals surface area contributed by atoms with Gasteiger partial charge in [0.15, 0.2) is 0 Å². The van der Waals surface area contributed by atoms with Crippen LogP contribution in [-0.4, -0.2) is 0 Å². The van der Waals surface area contributed by atoms with Crippen molar-refractivity contribution in [3.8, 4) is 0 Å². The molecule has 0 heterocycles. The van der Waals surface area contributed by atoms with Gasteiger partial charge in [-0.1, -0.05) is 45.1 Å². The molecular formula is C15H21N. The van der Waals surface area contributed by atoms with Crippen LogP contribution in [0.25, 0.3) is 0 Å². The van der Waals surface area contributed by atoms with Crippen LogP contribution in [0.15, 0.2) is 47.2 Å². The minimum absolute atomic E-state index is 0.00681. The molecule has 86 valence electrons. The lowest BCUT2D eigenvalue weighted by molar-refractivity contribution is 0.393.